The van der Waals surface area contributed by atoms with Crippen LogP contribution in [0.3, 0.4) is 0 Å². The van der Waals surface area contributed by atoms with Crippen LogP contribution < -0.4 is 4.90 Å². The molecule has 0 fully saturated rings. The molecule has 2 aromatic rings. The molecule has 0 spiro atoms. The molecule has 5 aliphatic rings. The van der Waals surface area contributed by atoms with Crippen LogP contribution in [0.1, 0.15) is 77.3 Å². The fourth-order valence-corrected chi connectivity index (χ4v) is 9.52. The van der Waals surface area contributed by atoms with E-state index in [-0.39, 0.29) is 23.1 Å². The smallest absolute Gasteiger partial charge is 0.305 e. The number of allylic oxidation sites excluding steroid dienone is 1. The SMILES string of the molecule is CCOC(=O)CCCCC1(C)C2=[N+](CCC3OC4CCN5C(=C4C=C23)C(C)(C)c2cc(S(=O)(=O)O)ccc25)c2ccc(SOOO)cc21. The number of benzene rings is 2. The fourth-order valence-electron chi connectivity index (χ4n) is 8.61. The van der Waals surface area contributed by atoms with Crippen LogP contribution in [0, 0.1) is 0 Å². The van der Waals surface area contributed by atoms with Crippen molar-refractivity contribution in [3.05, 3.63) is 70.4 Å². The molecule has 13 heteroatoms. The highest BCUT2D eigenvalue weighted by Crippen LogP contribution is 2.55. The topological polar surface area (TPSA) is 135 Å². The lowest BCUT2D eigenvalue weighted by Crippen LogP contribution is -2.48. The van der Waals surface area contributed by atoms with E-state index in [4.69, 9.17) is 19.1 Å². The van der Waals surface area contributed by atoms with Crippen LogP contribution in [-0.2, 0) is 44.6 Å². The molecule has 7 rings (SSSR count). The Hall–Kier alpha value is -3.04. The third-order valence-corrected chi connectivity index (χ3v) is 12.0. The molecular weight excluding hydrogens is 657 g/mol. The minimum atomic E-state index is -4.36. The van der Waals surface area contributed by atoms with E-state index < -0.39 is 20.9 Å². The molecule has 5 aliphatic heterocycles. The summed E-state index contributed by atoms with van der Waals surface area (Å²) in [4.78, 5) is 15.1. The van der Waals surface area contributed by atoms with Crippen molar-refractivity contribution in [3.8, 4) is 0 Å². The molecule has 0 amide bonds. The quantitative estimate of drug-likeness (QED) is 0.0544. The van der Waals surface area contributed by atoms with E-state index in [9.17, 15) is 17.8 Å². The number of nitrogens with zero attached hydrogens (tertiary/aromatic N) is 2. The zero-order valence-corrected chi connectivity index (χ0v) is 29.2. The maximum Gasteiger partial charge on any atom is 0.305 e. The van der Waals surface area contributed by atoms with Gasteiger partial charge < -0.3 is 14.4 Å². The maximum absolute atomic E-state index is 12.1. The number of fused-ring (bicyclic) bond motifs is 8. The largest absolute Gasteiger partial charge is 0.466 e. The van der Waals surface area contributed by atoms with Gasteiger partial charge in [-0.05, 0) is 75.1 Å². The van der Waals surface area contributed by atoms with E-state index >= 15 is 0 Å². The molecule has 0 bridgehead atoms. The van der Waals surface area contributed by atoms with E-state index in [1.807, 2.05) is 13.0 Å². The molecule has 0 saturated carbocycles. The van der Waals surface area contributed by atoms with Gasteiger partial charge in [-0.15, -0.1) is 4.33 Å². The number of ether oxygens (including phenoxy) is 2. The Labute approximate surface area is 285 Å². The van der Waals surface area contributed by atoms with E-state index in [1.54, 1.807) is 12.1 Å². The van der Waals surface area contributed by atoms with Crippen LogP contribution in [0.25, 0.3) is 0 Å². The first-order valence-corrected chi connectivity index (χ1v) is 18.7. The Balaban J connectivity index is 1.32. The highest BCUT2D eigenvalue weighted by atomic mass is 32.2. The van der Waals surface area contributed by atoms with E-state index in [0.717, 1.165) is 95.1 Å². The van der Waals surface area contributed by atoms with E-state index in [1.165, 1.54) is 11.8 Å². The van der Waals surface area contributed by atoms with Crippen molar-refractivity contribution in [2.24, 2.45) is 0 Å². The molecule has 0 radical (unpaired) electrons. The average molecular weight is 698 g/mol. The summed E-state index contributed by atoms with van der Waals surface area (Å²) in [5.41, 5.74) is 7.63. The highest BCUT2D eigenvalue weighted by molar-refractivity contribution is 7.94. The molecule has 3 atom stereocenters. The van der Waals surface area contributed by atoms with Crippen molar-refractivity contribution < 1.29 is 46.4 Å². The van der Waals surface area contributed by atoms with Gasteiger partial charge >= 0.3 is 5.97 Å². The van der Waals surface area contributed by atoms with Crippen LogP contribution in [-0.4, -0.2) is 66.4 Å². The monoisotopic (exact) mass is 697 g/mol. The second kappa shape index (κ2) is 12.4. The molecule has 11 nitrogen and oxygen atoms in total. The summed E-state index contributed by atoms with van der Waals surface area (Å²) in [7, 11) is -4.36. The number of rotatable bonds is 10. The lowest BCUT2D eigenvalue weighted by molar-refractivity contribution is -0.445. The molecule has 256 valence electrons. The summed E-state index contributed by atoms with van der Waals surface area (Å²) >= 11 is 0.936. The normalized spacial score (nSPS) is 25.1. The Morgan fingerprint density at radius 3 is 2.67 bits per heavy atom. The molecule has 3 unspecified atom stereocenters. The number of hydrogen-bond donors (Lipinski definition) is 2. The number of anilines is 1. The van der Waals surface area contributed by atoms with E-state index in [0.29, 0.717) is 19.4 Å². The van der Waals surface area contributed by atoms with Crippen LogP contribution in [0.2, 0.25) is 0 Å². The molecule has 0 aliphatic carbocycles. The van der Waals surface area contributed by atoms with Gasteiger partial charge in [0.2, 0.25) is 5.69 Å². The lowest BCUT2D eigenvalue weighted by atomic mass is 9.70. The Morgan fingerprint density at radius 1 is 1.10 bits per heavy atom. The third kappa shape index (κ3) is 5.44. The van der Waals surface area contributed by atoms with Gasteiger partial charge in [0.05, 0.1) is 41.2 Å². The summed E-state index contributed by atoms with van der Waals surface area (Å²) < 4.78 is 53.3. The number of carbonyl (C=O) groups is 1. The van der Waals surface area contributed by atoms with Crippen molar-refractivity contribution in [1.29, 1.82) is 0 Å². The van der Waals surface area contributed by atoms with Gasteiger partial charge in [0.15, 0.2) is 12.3 Å². The minimum Gasteiger partial charge on any atom is -0.466 e. The first-order chi connectivity index (χ1) is 22.9. The zero-order valence-electron chi connectivity index (χ0n) is 27.5. The summed E-state index contributed by atoms with van der Waals surface area (Å²) in [5, 5.41) is 12.7. The van der Waals surface area contributed by atoms with Gasteiger partial charge in [-0.1, -0.05) is 25.3 Å². The third-order valence-electron chi connectivity index (χ3n) is 10.6. The molecule has 2 N–H and O–H groups in total. The summed E-state index contributed by atoms with van der Waals surface area (Å²) in [6.07, 6.45) is 6.45. The van der Waals surface area contributed by atoms with Crippen molar-refractivity contribution in [1.82, 2.24) is 0 Å². The predicted molar refractivity (Wildman–Crippen MR) is 179 cm³/mol. The maximum atomic E-state index is 12.1. The van der Waals surface area contributed by atoms with E-state index in [2.05, 4.69) is 53.5 Å². The Bertz CT molecular complexity index is 1880. The molecule has 5 heterocycles. The van der Waals surface area contributed by atoms with Gasteiger partial charge in [0.25, 0.3) is 10.1 Å². The second-order valence-electron chi connectivity index (χ2n) is 13.8. The number of esters is 1. The summed E-state index contributed by atoms with van der Waals surface area (Å²) in [6.45, 7) is 10.2. The van der Waals surface area contributed by atoms with Crippen LogP contribution in [0.5, 0.6) is 0 Å². The first-order valence-electron chi connectivity index (χ1n) is 16.5. The second-order valence-corrected chi connectivity index (χ2v) is 16.0. The zero-order chi connectivity index (χ0) is 34.0. The standard InChI is InChI=1S/C35H40N2O9S2/c1-5-43-31(38)8-6-7-15-35(4)26-18-21(47-46-45-39)9-11-28(26)37-17-14-30-24(33(35)37)20-23-29(44-30)13-16-36-27-12-10-22(48(40,41)42)19-25(27)34(2,3)32(23)36/h9-12,18-20,29-30H,5-8,13-17H2,1-4H3,(H-,39,40,41,42)/p+1. The molecule has 0 aromatic heterocycles. The van der Waals surface area contributed by atoms with Gasteiger partial charge in [-0.25, -0.2) is 5.26 Å². The number of unbranched alkanes of at least 4 members (excludes halogenated alkanes) is 1. The average Bonchev–Trinajstić information content (AvgIpc) is 3.45. The van der Waals surface area contributed by atoms with Gasteiger partial charge in [0, 0.05) is 63.9 Å². The molecule has 2 aromatic carbocycles. The lowest BCUT2D eigenvalue weighted by Gasteiger charge is -2.42. The highest BCUT2D eigenvalue weighted by Gasteiger charge is 2.56. The van der Waals surface area contributed by atoms with Crippen molar-refractivity contribution in [2.45, 2.75) is 99.0 Å². The molecule has 0 saturated heterocycles. The predicted octanol–water partition coefficient (Wildman–Crippen LogP) is 6.39. The fraction of sp³-hybridized carbons (Fsp3) is 0.486. The number of carbonyl (C=O) groups excluding carboxylic acids is 1. The van der Waals surface area contributed by atoms with Crippen LogP contribution in [0.4, 0.5) is 11.4 Å². The summed E-state index contributed by atoms with van der Waals surface area (Å²) in [6, 6.07) is 11.0. The minimum absolute atomic E-state index is 0.0803. The van der Waals surface area contributed by atoms with Crippen molar-refractivity contribution in [3.63, 3.8) is 0 Å². The molecule has 48 heavy (non-hydrogen) atoms. The Morgan fingerprint density at radius 2 is 1.92 bits per heavy atom. The van der Waals surface area contributed by atoms with Gasteiger partial charge in [0.1, 0.15) is 0 Å². The van der Waals surface area contributed by atoms with Crippen LogP contribution in [0.15, 0.2) is 69.1 Å². The van der Waals surface area contributed by atoms with Crippen LogP contribution >= 0.6 is 12.0 Å². The number of hydrogen-bond acceptors (Lipinski definition) is 10. The first kappa shape index (κ1) is 33.5. The van der Waals surface area contributed by atoms with Crippen molar-refractivity contribution >= 4 is 45.2 Å². The molecular formula is C35H41N2O9S2+. The summed E-state index contributed by atoms with van der Waals surface area (Å²) in [5.74, 6) is -0.185. The van der Waals surface area contributed by atoms with Gasteiger partial charge in [-0.2, -0.15) is 13.0 Å². The Kier molecular flexibility index (Phi) is 8.63. The van der Waals surface area contributed by atoms with Gasteiger partial charge in [-0.3, -0.25) is 9.35 Å². The van der Waals surface area contributed by atoms with Crippen molar-refractivity contribution in [2.75, 3.05) is 24.6 Å².